The molecular weight excluding hydrogens is 348 g/mol. The molecule has 0 amide bonds. The molecule has 0 N–H and O–H groups in total. The zero-order valence-corrected chi connectivity index (χ0v) is 19.9. The van der Waals surface area contributed by atoms with Gasteiger partial charge < -0.3 is 0 Å². The highest BCUT2D eigenvalue weighted by atomic mass is 14.0. The molecule has 1 aromatic rings. The highest BCUT2D eigenvalue weighted by molar-refractivity contribution is 5.12. The van der Waals surface area contributed by atoms with Crippen LogP contribution in [0.3, 0.4) is 0 Å². The molecule has 0 saturated carbocycles. The van der Waals surface area contributed by atoms with E-state index >= 15 is 0 Å². The molecule has 29 heavy (non-hydrogen) atoms. The maximum Gasteiger partial charge on any atom is -0.0149 e. The molecule has 0 spiro atoms. The molecule has 0 unspecified atom stereocenters. The Bertz CT molecular complexity index is 407. The van der Waals surface area contributed by atoms with Gasteiger partial charge in [0.15, 0.2) is 0 Å². The molecule has 0 aromatic heterocycles. The fourth-order valence-electron chi connectivity index (χ4n) is 4.33. The van der Waals surface area contributed by atoms with E-state index in [9.17, 15) is 0 Å². The van der Waals surface area contributed by atoms with Gasteiger partial charge in [-0.3, -0.25) is 0 Å². The van der Waals surface area contributed by atoms with Crippen LogP contribution in [0.2, 0.25) is 0 Å². The summed E-state index contributed by atoms with van der Waals surface area (Å²) in [6.07, 6.45) is 31.7. The van der Waals surface area contributed by atoms with E-state index in [1.54, 1.807) is 0 Å². The molecule has 1 aromatic carbocycles. The molecule has 0 nitrogen and oxygen atoms in total. The number of hydrogen-bond acceptors (Lipinski definition) is 0. The molecule has 0 heterocycles. The summed E-state index contributed by atoms with van der Waals surface area (Å²) >= 11 is 0. The zero-order valence-electron chi connectivity index (χ0n) is 19.9. The molecule has 0 aliphatic heterocycles. The van der Waals surface area contributed by atoms with Gasteiger partial charge in [-0.2, -0.15) is 0 Å². The minimum absolute atomic E-state index is 1.21. The topological polar surface area (TPSA) is 0 Å². The molecule has 0 aliphatic carbocycles. The lowest BCUT2D eigenvalue weighted by molar-refractivity contribution is 0.520. The Hall–Kier alpha value is -0.780. The van der Waals surface area contributed by atoms with Crippen molar-refractivity contribution in [1.82, 2.24) is 0 Å². The van der Waals surface area contributed by atoms with Crippen LogP contribution >= 0.6 is 0 Å². The summed E-state index contributed by atoms with van der Waals surface area (Å²) in [7, 11) is 0. The van der Waals surface area contributed by atoms with Crippen molar-refractivity contribution in [1.29, 1.82) is 0 Å². The van der Waals surface area contributed by atoms with E-state index in [1.807, 2.05) is 6.07 Å². The minimum Gasteiger partial charge on any atom is -0.0654 e. The molecule has 0 heteroatoms. The molecule has 0 saturated heterocycles. The standard InChI is InChI=1S/C29H51/c1-2-3-4-5-6-7-8-9-10-11-12-13-14-15-16-17-18-19-20-21-23-26-29-27-24-22-25-28-29/h22,24-25,27H,2-21,23,26H2,1H3. The first-order valence-electron chi connectivity index (χ1n) is 13.4. The van der Waals surface area contributed by atoms with Gasteiger partial charge in [-0.15, -0.1) is 0 Å². The first kappa shape index (κ1) is 26.3. The van der Waals surface area contributed by atoms with Crippen LogP contribution in [0.5, 0.6) is 0 Å². The van der Waals surface area contributed by atoms with Crippen LogP contribution in [0.4, 0.5) is 0 Å². The number of unbranched alkanes of at least 4 members (excludes halogenated alkanes) is 20. The molecule has 0 aliphatic rings. The van der Waals surface area contributed by atoms with Gasteiger partial charge in [-0.25, -0.2) is 0 Å². The van der Waals surface area contributed by atoms with Crippen LogP contribution in [0.1, 0.15) is 147 Å². The Morgan fingerprint density at radius 2 is 0.862 bits per heavy atom. The van der Waals surface area contributed by atoms with E-state index < -0.39 is 0 Å². The second-order valence-corrected chi connectivity index (χ2v) is 9.21. The first-order chi connectivity index (χ1) is 14.4. The normalized spacial score (nSPS) is 11.2. The SMILES string of the molecule is CCCCCCCCCCCCCCCCCCCCCCCc1[c]cccc1. The zero-order chi connectivity index (χ0) is 20.7. The van der Waals surface area contributed by atoms with Gasteiger partial charge in [-0.1, -0.05) is 160 Å². The Labute approximate surface area is 184 Å². The van der Waals surface area contributed by atoms with Crippen molar-refractivity contribution < 1.29 is 0 Å². The van der Waals surface area contributed by atoms with E-state index in [-0.39, 0.29) is 0 Å². The summed E-state index contributed by atoms with van der Waals surface area (Å²) in [4.78, 5) is 0. The minimum atomic E-state index is 1.21. The Kier molecular flexibility index (Phi) is 19.8. The van der Waals surface area contributed by atoms with Crippen molar-refractivity contribution >= 4 is 0 Å². The van der Waals surface area contributed by atoms with Crippen LogP contribution in [0, 0.1) is 6.07 Å². The lowest BCUT2D eigenvalue weighted by Crippen LogP contribution is -1.86. The highest BCUT2D eigenvalue weighted by Gasteiger charge is 1.96. The average Bonchev–Trinajstić information content (AvgIpc) is 2.75. The van der Waals surface area contributed by atoms with Gasteiger partial charge in [0, 0.05) is 0 Å². The predicted octanol–water partition coefficient (Wildman–Crippen LogP) is 10.2. The van der Waals surface area contributed by atoms with Crippen molar-refractivity contribution in [3.05, 3.63) is 35.9 Å². The molecule has 1 rings (SSSR count). The van der Waals surface area contributed by atoms with Gasteiger partial charge in [0.05, 0.1) is 0 Å². The van der Waals surface area contributed by atoms with Crippen molar-refractivity contribution in [3.63, 3.8) is 0 Å². The molecule has 1 radical (unpaired) electrons. The van der Waals surface area contributed by atoms with E-state index in [1.165, 1.54) is 147 Å². The third kappa shape index (κ3) is 19.0. The fraction of sp³-hybridized carbons (Fsp3) is 0.793. The van der Waals surface area contributed by atoms with E-state index in [4.69, 9.17) is 0 Å². The smallest absolute Gasteiger partial charge is 0.0149 e. The fourth-order valence-corrected chi connectivity index (χ4v) is 4.33. The van der Waals surface area contributed by atoms with Gasteiger partial charge in [0.25, 0.3) is 0 Å². The van der Waals surface area contributed by atoms with Crippen molar-refractivity contribution in [3.8, 4) is 0 Å². The van der Waals surface area contributed by atoms with Crippen molar-refractivity contribution in [2.45, 2.75) is 148 Å². The van der Waals surface area contributed by atoms with Gasteiger partial charge >= 0.3 is 0 Å². The van der Waals surface area contributed by atoms with Crippen LogP contribution in [0.15, 0.2) is 24.3 Å². The van der Waals surface area contributed by atoms with Crippen LogP contribution in [0.25, 0.3) is 0 Å². The van der Waals surface area contributed by atoms with Gasteiger partial charge in [0.1, 0.15) is 0 Å². The highest BCUT2D eigenvalue weighted by Crippen LogP contribution is 2.15. The maximum atomic E-state index is 3.33. The Balaban J connectivity index is 1.66. The number of benzene rings is 1. The van der Waals surface area contributed by atoms with Crippen molar-refractivity contribution in [2.24, 2.45) is 0 Å². The van der Waals surface area contributed by atoms with Crippen LogP contribution in [-0.2, 0) is 6.42 Å². The molecular formula is C29H51. The molecule has 0 bridgehead atoms. The monoisotopic (exact) mass is 399 g/mol. The number of hydrogen-bond donors (Lipinski definition) is 0. The lowest BCUT2D eigenvalue weighted by atomic mass is 10.0. The lowest BCUT2D eigenvalue weighted by Gasteiger charge is -2.04. The number of rotatable bonds is 22. The third-order valence-corrected chi connectivity index (χ3v) is 6.32. The van der Waals surface area contributed by atoms with Gasteiger partial charge in [-0.05, 0) is 24.5 Å². The summed E-state index contributed by atoms with van der Waals surface area (Å²) in [5.41, 5.74) is 1.38. The molecule has 0 fully saturated rings. The van der Waals surface area contributed by atoms with E-state index in [0.717, 1.165) is 0 Å². The van der Waals surface area contributed by atoms with Gasteiger partial charge in [0.2, 0.25) is 0 Å². The largest absolute Gasteiger partial charge is 0.0654 e. The molecule has 167 valence electrons. The third-order valence-electron chi connectivity index (χ3n) is 6.32. The second kappa shape index (κ2) is 21.9. The number of aryl methyl sites for hydroxylation is 1. The average molecular weight is 400 g/mol. The second-order valence-electron chi connectivity index (χ2n) is 9.21. The summed E-state index contributed by atoms with van der Waals surface area (Å²) in [6.45, 7) is 2.30. The Morgan fingerprint density at radius 3 is 1.21 bits per heavy atom. The molecule has 0 atom stereocenters. The Morgan fingerprint density at radius 1 is 0.483 bits per heavy atom. The predicted molar refractivity (Wildman–Crippen MR) is 132 cm³/mol. The van der Waals surface area contributed by atoms with E-state index in [2.05, 4.69) is 31.2 Å². The summed E-state index contributed by atoms with van der Waals surface area (Å²) in [5, 5.41) is 0. The maximum absolute atomic E-state index is 3.33. The summed E-state index contributed by atoms with van der Waals surface area (Å²) in [6, 6.07) is 11.8. The summed E-state index contributed by atoms with van der Waals surface area (Å²) in [5.74, 6) is 0. The quantitative estimate of drug-likeness (QED) is 0.170. The van der Waals surface area contributed by atoms with Crippen molar-refractivity contribution in [2.75, 3.05) is 0 Å². The summed E-state index contributed by atoms with van der Waals surface area (Å²) < 4.78 is 0. The van der Waals surface area contributed by atoms with Crippen LogP contribution < -0.4 is 0 Å². The first-order valence-corrected chi connectivity index (χ1v) is 13.4. The van der Waals surface area contributed by atoms with Crippen LogP contribution in [-0.4, -0.2) is 0 Å². The van der Waals surface area contributed by atoms with E-state index in [0.29, 0.717) is 0 Å².